The number of H-pyrrole nitrogens is 1. The molecule has 1 aliphatic rings. The molecular formula is C25H27FN6O. The molecule has 33 heavy (non-hydrogen) atoms. The van der Waals surface area contributed by atoms with Gasteiger partial charge < -0.3 is 19.9 Å². The van der Waals surface area contributed by atoms with Gasteiger partial charge in [0.2, 0.25) is 11.8 Å². The Labute approximate surface area is 192 Å². The number of likely N-dealkylation sites (N-methyl/N-ethyl adjacent to an activating group) is 1. The minimum atomic E-state index is -0.295. The number of benzene rings is 2. The van der Waals surface area contributed by atoms with Crippen LogP contribution in [0.4, 0.5) is 16.0 Å². The fourth-order valence-electron chi connectivity index (χ4n) is 4.17. The third-order valence-electron chi connectivity index (χ3n) is 6.04. The smallest absolute Gasteiger partial charge is 0.232 e. The molecule has 1 aliphatic heterocycles. The number of ether oxygens (including phenoxy) is 1. The maximum Gasteiger partial charge on any atom is 0.232 e. The maximum atomic E-state index is 13.7. The van der Waals surface area contributed by atoms with Crippen molar-refractivity contribution in [1.82, 2.24) is 24.8 Å². The summed E-state index contributed by atoms with van der Waals surface area (Å²) in [5, 5.41) is 3.98. The number of fused-ring (bicyclic) bond motifs is 1. The Morgan fingerprint density at radius 2 is 1.85 bits per heavy atom. The van der Waals surface area contributed by atoms with Crippen LogP contribution in [0, 0.1) is 5.82 Å². The largest absolute Gasteiger partial charge is 0.480 e. The topological polar surface area (TPSA) is 69.3 Å². The van der Waals surface area contributed by atoms with Gasteiger partial charge in [-0.3, -0.25) is 4.90 Å². The van der Waals surface area contributed by atoms with Crippen molar-refractivity contribution in [2.45, 2.75) is 6.54 Å². The summed E-state index contributed by atoms with van der Waals surface area (Å²) in [5.74, 6) is 0.560. The zero-order valence-corrected chi connectivity index (χ0v) is 18.8. The molecule has 0 unspecified atom stereocenters. The average Bonchev–Trinajstić information content (AvgIpc) is 3.25. The fourth-order valence-corrected chi connectivity index (χ4v) is 4.17. The van der Waals surface area contributed by atoms with Gasteiger partial charge in [0.05, 0.1) is 12.5 Å². The predicted octanol–water partition coefficient (Wildman–Crippen LogP) is 4.26. The molecule has 1 fully saturated rings. The van der Waals surface area contributed by atoms with E-state index >= 15 is 0 Å². The monoisotopic (exact) mass is 446 g/mol. The first-order valence-electron chi connectivity index (χ1n) is 11.0. The molecule has 4 aromatic rings. The van der Waals surface area contributed by atoms with Gasteiger partial charge in [-0.25, -0.2) is 4.39 Å². The van der Waals surface area contributed by atoms with Gasteiger partial charge in [0.15, 0.2) is 0 Å². The molecule has 0 saturated carbocycles. The third kappa shape index (κ3) is 4.67. The summed E-state index contributed by atoms with van der Waals surface area (Å²) in [6.07, 6.45) is 1.80. The lowest BCUT2D eigenvalue weighted by Crippen LogP contribution is -2.43. The number of methoxy groups -OCH3 is 1. The lowest BCUT2D eigenvalue weighted by Gasteiger charge is -2.32. The van der Waals surface area contributed by atoms with Crippen LogP contribution < -0.4 is 10.1 Å². The van der Waals surface area contributed by atoms with Gasteiger partial charge in [-0.1, -0.05) is 24.3 Å². The van der Waals surface area contributed by atoms with E-state index in [4.69, 9.17) is 4.74 Å². The summed E-state index contributed by atoms with van der Waals surface area (Å²) in [6.45, 7) is 5.37. The molecule has 3 heterocycles. The van der Waals surface area contributed by atoms with Crippen LogP contribution in [0.5, 0.6) is 5.88 Å². The SMILES string of the molecule is COc1nc(Nc2ccc(CN3CCN(C)CC3)cc2)nc2[nH]cc(-c3cccc(F)c3)c12. The summed E-state index contributed by atoms with van der Waals surface area (Å²) in [6, 6.07) is 14.8. The van der Waals surface area contributed by atoms with Crippen molar-refractivity contribution in [3.8, 4) is 17.0 Å². The number of hydrogen-bond donors (Lipinski definition) is 2. The van der Waals surface area contributed by atoms with E-state index in [2.05, 4.69) is 49.2 Å². The van der Waals surface area contributed by atoms with Crippen LogP contribution >= 0.6 is 0 Å². The normalized spacial score (nSPS) is 15.1. The van der Waals surface area contributed by atoms with E-state index < -0.39 is 0 Å². The van der Waals surface area contributed by atoms with E-state index in [9.17, 15) is 4.39 Å². The lowest BCUT2D eigenvalue weighted by molar-refractivity contribution is 0.148. The highest BCUT2D eigenvalue weighted by Gasteiger charge is 2.17. The first kappa shape index (κ1) is 21.4. The molecule has 5 rings (SSSR count). The second kappa shape index (κ2) is 9.17. The summed E-state index contributed by atoms with van der Waals surface area (Å²) >= 11 is 0. The Balaban J connectivity index is 1.35. The van der Waals surface area contributed by atoms with E-state index in [0.717, 1.165) is 54.9 Å². The van der Waals surface area contributed by atoms with Crippen molar-refractivity contribution in [3.05, 3.63) is 66.1 Å². The summed E-state index contributed by atoms with van der Waals surface area (Å²) < 4.78 is 19.3. The standard InChI is InChI=1S/C25H27FN6O/c1-31-10-12-32(13-11-31)16-17-6-8-20(9-7-17)28-25-29-23-22(24(30-25)33-2)21(15-27-23)18-4-3-5-19(26)14-18/h3-9,14-15H,10-13,16H2,1-2H3,(H2,27,28,29,30). The van der Waals surface area contributed by atoms with E-state index in [1.54, 1.807) is 19.4 Å². The fraction of sp³-hybridized carbons (Fsp3) is 0.280. The van der Waals surface area contributed by atoms with Crippen molar-refractivity contribution >= 4 is 22.7 Å². The van der Waals surface area contributed by atoms with E-state index in [1.165, 1.54) is 17.7 Å². The Bertz CT molecular complexity index is 1250. The van der Waals surface area contributed by atoms with E-state index in [1.807, 2.05) is 18.2 Å². The highest BCUT2D eigenvalue weighted by Crippen LogP contribution is 2.34. The molecular weight excluding hydrogens is 419 g/mol. The van der Waals surface area contributed by atoms with Crippen LogP contribution in [0.1, 0.15) is 5.56 Å². The summed E-state index contributed by atoms with van der Waals surface area (Å²) in [7, 11) is 3.74. The lowest BCUT2D eigenvalue weighted by atomic mass is 10.1. The molecule has 170 valence electrons. The molecule has 0 radical (unpaired) electrons. The van der Waals surface area contributed by atoms with Gasteiger partial charge in [-0.2, -0.15) is 9.97 Å². The van der Waals surface area contributed by atoms with Crippen molar-refractivity contribution in [2.24, 2.45) is 0 Å². The number of halogens is 1. The van der Waals surface area contributed by atoms with Crippen LogP contribution in [-0.2, 0) is 6.54 Å². The zero-order valence-electron chi connectivity index (χ0n) is 18.8. The van der Waals surface area contributed by atoms with Crippen molar-refractivity contribution < 1.29 is 9.13 Å². The van der Waals surface area contributed by atoms with Crippen LogP contribution in [-0.4, -0.2) is 65.1 Å². The van der Waals surface area contributed by atoms with Crippen LogP contribution in [0.15, 0.2) is 54.7 Å². The number of aromatic nitrogens is 3. The number of rotatable bonds is 6. The van der Waals surface area contributed by atoms with Gasteiger partial charge >= 0.3 is 0 Å². The molecule has 2 N–H and O–H groups in total. The molecule has 0 bridgehead atoms. The molecule has 1 saturated heterocycles. The third-order valence-corrected chi connectivity index (χ3v) is 6.04. The maximum absolute atomic E-state index is 13.7. The van der Waals surface area contributed by atoms with Crippen molar-refractivity contribution in [1.29, 1.82) is 0 Å². The minimum Gasteiger partial charge on any atom is -0.480 e. The number of aromatic amines is 1. The van der Waals surface area contributed by atoms with Crippen LogP contribution in [0.2, 0.25) is 0 Å². The Morgan fingerprint density at radius 1 is 1.06 bits per heavy atom. The minimum absolute atomic E-state index is 0.295. The molecule has 0 spiro atoms. The molecule has 2 aromatic heterocycles. The van der Waals surface area contributed by atoms with E-state index in [0.29, 0.717) is 17.5 Å². The van der Waals surface area contributed by atoms with Gasteiger partial charge in [0.25, 0.3) is 0 Å². The molecule has 7 nitrogen and oxygen atoms in total. The molecule has 0 aliphatic carbocycles. The number of nitrogens with one attached hydrogen (secondary N) is 2. The summed E-state index contributed by atoms with van der Waals surface area (Å²) in [5.41, 5.74) is 4.33. The number of anilines is 2. The highest BCUT2D eigenvalue weighted by molar-refractivity contribution is 5.97. The van der Waals surface area contributed by atoms with Crippen LogP contribution in [0.3, 0.4) is 0 Å². The van der Waals surface area contributed by atoms with Gasteiger partial charge in [-0.05, 0) is 42.4 Å². The van der Waals surface area contributed by atoms with Crippen molar-refractivity contribution in [3.63, 3.8) is 0 Å². The molecule has 0 amide bonds. The number of hydrogen-bond acceptors (Lipinski definition) is 6. The number of nitrogens with zero attached hydrogens (tertiary/aromatic N) is 4. The average molecular weight is 447 g/mol. The predicted molar refractivity (Wildman–Crippen MR) is 128 cm³/mol. The molecule has 0 atom stereocenters. The first-order chi connectivity index (χ1) is 16.1. The second-order valence-corrected chi connectivity index (χ2v) is 8.39. The highest BCUT2D eigenvalue weighted by atomic mass is 19.1. The van der Waals surface area contributed by atoms with E-state index in [-0.39, 0.29) is 5.82 Å². The van der Waals surface area contributed by atoms with Crippen LogP contribution in [0.25, 0.3) is 22.2 Å². The first-order valence-corrected chi connectivity index (χ1v) is 11.0. The quantitative estimate of drug-likeness (QED) is 0.461. The summed E-state index contributed by atoms with van der Waals surface area (Å²) in [4.78, 5) is 17.2. The second-order valence-electron chi connectivity index (χ2n) is 8.39. The zero-order chi connectivity index (χ0) is 22.8. The molecule has 8 heteroatoms. The molecule has 2 aromatic carbocycles. The van der Waals surface area contributed by atoms with Gasteiger partial charge in [0, 0.05) is 50.2 Å². The Hall–Kier alpha value is -3.49. The Morgan fingerprint density at radius 3 is 2.58 bits per heavy atom. The van der Waals surface area contributed by atoms with Crippen molar-refractivity contribution in [2.75, 3.05) is 45.7 Å². The van der Waals surface area contributed by atoms with Gasteiger partial charge in [0.1, 0.15) is 11.5 Å². The van der Waals surface area contributed by atoms with Gasteiger partial charge in [-0.15, -0.1) is 0 Å². The Kier molecular flexibility index (Phi) is 5.93. The number of piperazine rings is 1.